The minimum absolute atomic E-state index is 0.0152. The van der Waals surface area contributed by atoms with E-state index in [1.54, 1.807) is 52.3 Å². The molecular weight excluding hydrogens is 377 g/mol. The van der Waals surface area contributed by atoms with Gasteiger partial charge < -0.3 is 19.1 Å². The largest absolute Gasteiger partial charge is 0.457 e. The highest BCUT2D eigenvalue weighted by molar-refractivity contribution is 5.85. The lowest BCUT2D eigenvalue weighted by Crippen LogP contribution is -2.61. The summed E-state index contributed by atoms with van der Waals surface area (Å²) >= 11 is 0. The Morgan fingerprint density at radius 1 is 1.21 bits per heavy atom. The van der Waals surface area contributed by atoms with E-state index in [1.807, 2.05) is 6.92 Å². The van der Waals surface area contributed by atoms with Crippen LogP contribution in [0.15, 0.2) is 36.5 Å². The molecule has 2 heterocycles. The molecule has 0 aliphatic carbocycles. The molecule has 8 heteroatoms. The van der Waals surface area contributed by atoms with Gasteiger partial charge in [-0.1, -0.05) is 0 Å². The van der Waals surface area contributed by atoms with Crippen molar-refractivity contribution in [1.29, 1.82) is 0 Å². The minimum atomic E-state index is -0.721. The van der Waals surface area contributed by atoms with Crippen molar-refractivity contribution in [2.75, 3.05) is 30.4 Å². The number of ether oxygens (including phenoxy) is 3. The number of pyridine rings is 1. The average Bonchev–Trinajstić information content (AvgIpc) is 2.60. The molecule has 1 aliphatic rings. The van der Waals surface area contributed by atoms with Crippen LogP contribution in [-0.4, -0.2) is 42.5 Å². The molecule has 0 unspecified atom stereocenters. The third-order valence-electron chi connectivity index (χ3n) is 4.40. The van der Waals surface area contributed by atoms with Crippen LogP contribution in [0, 0.1) is 5.82 Å². The van der Waals surface area contributed by atoms with E-state index >= 15 is 0 Å². The van der Waals surface area contributed by atoms with Gasteiger partial charge in [0.2, 0.25) is 0 Å². The van der Waals surface area contributed by atoms with Crippen molar-refractivity contribution < 1.29 is 23.4 Å². The molecule has 7 nitrogen and oxygen atoms in total. The van der Waals surface area contributed by atoms with Crippen LogP contribution in [0.3, 0.4) is 0 Å². The number of methoxy groups -OCH3 is 1. The van der Waals surface area contributed by atoms with Crippen LogP contribution < -0.4 is 15.0 Å². The Hall–Kier alpha value is -2.87. The predicted molar refractivity (Wildman–Crippen MR) is 108 cm³/mol. The zero-order valence-electron chi connectivity index (χ0n) is 17.3. The van der Waals surface area contributed by atoms with Crippen molar-refractivity contribution in [2.24, 2.45) is 0 Å². The van der Waals surface area contributed by atoms with Crippen molar-refractivity contribution in [3.8, 4) is 11.5 Å². The van der Waals surface area contributed by atoms with E-state index in [0.29, 0.717) is 11.5 Å². The molecule has 29 heavy (non-hydrogen) atoms. The lowest BCUT2D eigenvalue weighted by Gasteiger charge is -2.47. The lowest BCUT2D eigenvalue weighted by molar-refractivity contribution is -0.0171. The summed E-state index contributed by atoms with van der Waals surface area (Å²) in [5, 5.41) is 2.39. The SMILES string of the molecule is COC1(C)CN(c2cc(Oc3ccc(NC(=O)OC(C)(C)C)c(F)c3)ccn2)C1. The summed E-state index contributed by atoms with van der Waals surface area (Å²) in [6.45, 7) is 8.72. The highest BCUT2D eigenvalue weighted by Crippen LogP contribution is 2.32. The molecule has 1 fully saturated rings. The van der Waals surface area contributed by atoms with Gasteiger partial charge in [0.15, 0.2) is 5.82 Å². The van der Waals surface area contributed by atoms with Gasteiger partial charge >= 0.3 is 6.09 Å². The van der Waals surface area contributed by atoms with Gasteiger partial charge in [-0.3, -0.25) is 5.32 Å². The first-order chi connectivity index (χ1) is 13.6. The predicted octanol–water partition coefficient (Wildman–Crippen LogP) is 4.59. The Kier molecular flexibility index (Phi) is 5.66. The van der Waals surface area contributed by atoms with E-state index in [0.717, 1.165) is 18.9 Å². The quantitative estimate of drug-likeness (QED) is 0.788. The molecule has 1 amide bonds. The molecule has 0 bridgehead atoms. The second-order valence-electron chi connectivity index (χ2n) is 8.23. The molecule has 3 rings (SSSR count). The number of carbonyl (C=O) groups excluding carboxylic acids is 1. The first-order valence-corrected chi connectivity index (χ1v) is 9.30. The first kappa shape index (κ1) is 20.9. The first-order valence-electron chi connectivity index (χ1n) is 9.30. The fourth-order valence-electron chi connectivity index (χ4n) is 2.90. The van der Waals surface area contributed by atoms with Gasteiger partial charge in [0.05, 0.1) is 11.3 Å². The number of amides is 1. The summed E-state index contributed by atoms with van der Waals surface area (Å²) in [6.07, 6.45) is 0.920. The molecule has 0 saturated carbocycles. The van der Waals surface area contributed by atoms with Gasteiger partial charge in [-0.05, 0) is 45.9 Å². The van der Waals surface area contributed by atoms with E-state index in [2.05, 4.69) is 15.2 Å². The molecule has 1 aromatic carbocycles. The summed E-state index contributed by atoms with van der Waals surface area (Å²) in [5.41, 5.74) is -0.820. The van der Waals surface area contributed by atoms with Crippen molar-refractivity contribution in [2.45, 2.75) is 38.9 Å². The summed E-state index contributed by atoms with van der Waals surface area (Å²) in [6, 6.07) is 7.69. The fraction of sp³-hybridized carbons (Fsp3) is 0.429. The van der Waals surface area contributed by atoms with Gasteiger partial charge in [-0.2, -0.15) is 0 Å². The highest BCUT2D eigenvalue weighted by atomic mass is 19.1. The highest BCUT2D eigenvalue weighted by Gasteiger charge is 2.39. The van der Waals surface area contributed by atoms with Gasteiger partial charge in [0.1, 0.15) is 22.9 Å². The molecule has 0 spiro atoms. The van der Waals surface area contributed by atoms with Crippen molar-refractivity contribution in [1.82, 2.24) is 4.98 Å². The van der Waals surface area contributed by atoms with E-state index in [4.69, 9.17) is 14.2 Å². The van der Waals surface area contributed by atoms with Crippen LogP contribution in [-0.2, 0) is 9.47 Å². The molecule has 0 radical (unpaired) electrons. The summed E-state index contributed by atoms with van der Waals surface area (Å²) in [7, 11) is 1.69. The number of carbonyl (C=O) groups is 1. The number of rotatable bonds is 5. The van der Waals surface area contributed by atoms with Crippen LogP contribution in [0.25, 0.3) is 0 Å². The maximum Gasteiger partial charge on any atom is 0.412 e. The zero-order chi connectivity index (χ0) is 21.2. The van der Waals surface area contributed by atoms with E-state index in [9.17, 15) is 9.18 Å². The van der Waals surface area contributed by atoms with Crippen LogP contribution >= 0.6 is 0 Å². The lowest BCUT2D eigenvalue weighted by atomic mass is 9.96. The second-order valence-corrected chi connectivity index (χ2v) is 8.23. The Balaban J connectivity index is 1.65. The van der Waals surface area contributed by atoms with Crippen LogP contribution in [0.1, 0.15) is 27.7 Å². The second kappa shape index (κ2) is 7.87. The van der Waals surface area contributed by atoms with E-state index < -0.39 is 17.5 Å². The molecule has 1 aromatic heterocycles. The number of hydrogen-bond acceptors (Lipinski definition) is 6. The summed E-state index contributed by atoms with van der Waals surface area (Å²) in [5.74, 6) is 0.981. The Morgan fingerprint density at radius 2 is 1.90 bits per heavy atom. The van der Waals surface area contributed by atoms with Crippen molar-refractivity contribution >= 4 is 17.6 Å². The van der Waals surface area contributed by atoms with Crippen molar-refractivity contribution in [3.63, 3.8) is 0 Å². The number of hydrogen-bond donors (Lipinski definition) is 1. The van der Waals surface area contributed by atoms with Crippen molar-refractivity contribution in [3.05, 3.63) is 42.3 Å². The standard InChI is InChI=1S/C21H26FN3O4/c1-20(2,3)29-19(26)24-17-7-6-14(10-16(17)22)28-15-8-9-23-18(11-15)25-12-21(4,13-25)27-5/h6-11H,12-13H2,1-5H3,(H,24,26). The van der Waals surface area contributed by atoms with Gasteiger partial charge in [0.25, 0.3) is 0 Å². The van der Waals surface area contributed by atoms with Crippen LogP contribution in [0.2, 0.25) is 0 Å². The smallest absolute Gasteiger partial charge is 0.412 e. The molecule has 1 saturated heterocycles. The average molecular weight is 403 g/mol. The van der Waals surface area contributed by atoms with E-state index in [-0.39, 0.29) is 11.3 Å². The Morgan fingerprint density at radius 3 is 2.52 bits per heavy atom. The molecular formula is C21H26FN3O4. The topological polar surface area (TPSA) is 72.9 Å². The summed E-state index contributed by atoms with van der Waals surface area (Å²) in [4.78, 5) is 18.2. The van der Waals surface area contributed by atoms with Gasteiger partial charge in [-0.15, -0.1) is 0 Å². The van der Waals surface area contributed by atoms with Gasteiger partial charge in [-0.25, -0.2) is 14.2 Å². The number of nitrogens with zero attached hydrogens (tertiary/aromatic N) is 2. The third-order valence-corrected chi connectivity index (χ3v) is 4.40. The molecule has 1 aliphatic heterocycles. The van der Waals surface area contributed by atoms with Gasteiger partial charge in [0, 0.05) is 38.5 Å². The van der Waals surface area contributed by atoms with E-state index in [1.165, 1.54) is 12.1 Å². The fourth-order valence-corrected chi connectivity index (χ4v) is 2.90. The normalized spacial score (nSPS) is 15.4. The number of aromatic nitrogens is 1. The maximum atomic E-state index is 14.4. The molecule has 1 N–H and O–H groups in total. The number of nitrogens with one attached hydrogen (secondary N) is 1. The minimum Gasteiger partial charge on any atom is -0.457 e. The Labute approximate surface area is 169 Å². The van der Waals surface area contributed by atoms with Crippen LogP contribution in [0.5, 0.6) is 11.5 Å². The number of benzene rings is 1. The third kappa shape index (κ3) is 5.35. The Bertz CT molecular complexity index is 892. The summed E-state index contributed by atoms with van der Waals surface area (Å²) < 4.78 is 30.7. The molecule has 2 aromatic rings. The zero-order valence-corrected chi connectivity index (χ0v) is 17.3. The number of halogens is 1. The molecule has 0 atom stereocenters. The molecule has 156 valence electrons. The monoisotopic (exact) mass is 403 g/mol. The number of anilines is 2. The maximum absolute atomic E-state index is 14.4. The van der Waals surface area contributed by atoms with Crippen LogP contribution in [0.4, 0.5) is 20.7 Å².